The van der Waals surface area contributed by atoms with Gasteiger partial charge in [0.05, 0.1) is 6.26 Å². The van der Waals surface area contributed by atoms with E-state index in [2.05, 4.69) is 69.3 Å². The molecule has 0 spiro atoms. The lowest BCUT2D eigenvalue weighted by Crippen LogP contribution is -2.17. The first kappa shape index (κ1) is 17.5. The van der Waals surface area contributed by atoms with E-state index in [1.807, 2.05) is 12.1 Å². The highest BCUT2D eigenvalue weighted by atomic mass is 16.3. The van der Waals surface area contributed by atoms with Gasteiger partial charge in [0.1, 0.15) is 5.76 Å². The smallest absolute Gasteiger partial charge is 0.133 e. The summed E-state index contributed by atoms with van der Waals surface area (Å²) in [6, 6.07) is 21.7. The molecule has 1 aliphatic carbocycles. The first-order chi connectivity index (χ1) is 12.2. The first-order valence-corrected chi connectivity index (χ1v) is 9.44. The quantitative estimate of drug-likeness (QED) is 0.489. The minimum atomic E-state index is 0.495. The number of hydrogen-bond acceptors (Lipinski definition) is 1. The molecule has 2 atom stereocenters. The Labute approximate surface area is 151 Å². The average molecular weight is 332 g/mol. The zero-order valence-electron chi connectivity index (χ0n) is 15.5. The molecule has 1 aromatic heterocycles. The van der Waals surface area contributed by atoms with Crippen LogP contribution in [0.1, 0.15) is 56.2 Å². The van der Waals surface area contributed by atoms with Crippen molar-refractivity contribution in [1.29, 1.82) is 0 Å². The topological polar surface area (TPSA) is 13.1 Å². The van der Waals surface area contributed by atoms with Crippen LogP contribution in [0.3, 0.4) is 0 Å². The van der Waals surface area contributed by atoms with Crippen LogP contribution >= 0.6 is 0 Å². The monoisotopic (exact) mass is 332 g/mol. The molecule has 1 nitrogen and oxygen atoms in total. The Balaban J connectivity index is 0.000000569. The van der Waals surface area contributed by atoms with Crippen LogP contribution in [-0.2, 0) is 6.42 Å². The van der Waals surface area contributed by atoms with Gasteiger partial charge in [-0.15, -0.1) is 0 Å². The van der Waals surface area contributed by atoms with Crippen LogP contribution in [0.15, 0.2) is 71.3 Å². The van der Waals surface area contributed by atoms with Crippen molar-refractivity contribution in [2.45, 2.75) is 46.0 Å². The summed E-state index contributed by atoms with van der Waals surface area (Å²) in [6.07, 6.45) is 5.41. The molecule has 130 valence electrons. The fourth-order valence-electron chi connectivity index (χ4n) is 3.72. The largest absolute Gasteiger partial charge is 0.464 e. The molecule has 0 bridgehead atoms. The fraction of sp³-hybridized carbons (Fsp3) is 0.333. The van der Waals surface area contributed by atoms with Crippen molar-refractivity contribution in [3.63, 3.8) is 0 Å². The third-order valence-corrected chi connectivity index (χ3v) is 4.73. The predicted molar refractivity (Wildman–Crippen MR) is 106 cm³/mol. The summed E-state index contributed by atoms with van der Waals surface area (Å²) in [6.45, 7) is 6.61. The van der Waals surface area contributed by atoms with E-state index in [1.165, 1.54) is 41.5 Å². The number of fused-ring (bicyclic) bond motifs is 1. The second kappa shape index (κ2) is 8.20. The first-order valence-electron chi connectivity index (χ1n) is 9.44. The van der Waals surface area contributed by atoms with Crippen LogP contribution in [-0.4, -0.2) is 0 Å². The summed E-state index contributed by atoms with van der Waals surface area (Å²) >= 11 is 0. The molecular weight excluding hydrogens is 304 g/mol. The van der Waals surface area contributed by atoms with E-state index in [0.717, 1.165) is 11.7 Å². The molecule has 0 amide bonds. The van der Waals surface area contributed by atoms with Crippen molar-refractivity contribution < 1.29 is 4.42 Å². The van der Waals surface area contributed by atoms with Gasteiger partial charge in [-0.25, -0.2) is 0 Å². The third kappa shape index (κ3) is 4.04. The molecule has 0 aliphatic heterocycles. The zero-order valence-corrected chi connectivity index (χ0v) is 15.5. The maximum absolute atomic E-state index is 5.55. The van der Waals surface area contributed by atoms with Crippen molar-refractivity contribution in [2.24, 2.45) is 5.92 Å². The molecule has 0 unspecified atom stereocenters. The van der Waals surface area contributed by atoms with Gasteiger partial charge in [-0.05, 0) is 53.6 Å². The van der Waals surface area contributed by atoms with Gasteiger partial charge in [0, 0.05) is 11.5 Å². The van der Waals surface area contributed by atoms with Crippen LogP contribution in [0.2, 0.25) is 0 Å². The van der Waals surface area contributed by atoms with Gasteiger partial charge in [-0.3, -0.25) is 0 Å². The van der Waals surface area contributed by atoms with E-state index in [0.29, 0.717) is 5.92 Å². The maximum Gasteiger partial charge on any atom is 0.133 e. The zero-order chi connectivity index (χ0) is 17.6. The lowest BCUT2D eigenvalue weighted by Gasteiger charge is -2.30. The minimum absolute atomic E-state index is 0.495. The number of furan rings is 1. The molecule has 0 N–H and O–H groups in total. The average Bonchev–Trinajstić information content (AvgIpc) is 3.16. The van der Waals surface area contributed by atoms with Gasteiger partial charge in [0.2, 0.25) is 0 Å². The lowest BCUT2D eigenvalue weighted by molar-refractivity contribution is 0.464. The van der Waals surface area contributed by atoms with Crippen LogP contribution in [0.4, 0.5) is 0 Å². The summed E-state index contributed by atoms with van der Waals surface area (Å²) in [5.41, 5.74) is 5.57. The van der Waals surface area contributed by atoms with Crippen molar-refractivity contribution in [3.05, 3.63) is 83.6 Å². The Bertz CT molecular complexity index is 785. The van der Waals surface area contributed by atoms with Crippen molar-refractivity contribution in [1.82, 2.24) is 0 Å². The summed E-state index contributed by atoms with van der Waals surface area (Å²) < 4.78 is 5.55. The number of hydrogen-bond donors (Lipinski definition) is 0. The predicted octanol–water partition coefficient (Wildman–Crippen LogP) is 7.08. The van der Waals surface area contributed by atoms with Crippen LogP contribution in [0, 0.1) is 5.92 Å². The van der Waals surface area contributed by atoms with Crippen LogP contribution in [0.25, 0.3) is 11.3 Å². The number of benzene rings is 2. The van der Waals surface area contributed by atoms with Gasteiger partial charge < -0.3 is 4.42 Å². The third-order valence-electron chi connectivity index (χ3n) is 4.73. The molecule has 0 radical (unpaired) electrons. The lowest BCUT2D eigenvalue weighted by atomic mass is 9.74. The summed E-state index contributed by atoms with van der Waals surface area (Å²) in [5.74, 6) is 2.17. The summed E-state index contributed by atoms with van der Waals surface area (Å²) in [5, 5.41) is 0. The Morgan fingerprint density at radius 1 is 0.960 bits per heavy atom. The molecule has 0 fully saturated rings. The van der Waals surface area contributed by atoms with Crippen LogP contribution in [0.5, 0.6) is 0 Å². The van der Waals surface area contributed by atoms with Gasteiger partial charge in [-0.1, -0.05) is 69.7 Å². The van der Waals surface area contributed by atoms with Gasteiger partial charge >= 0.3 is 0 Å². The van der Waals surface area contributed by atoms with E-state index in [1.54, 1.807) is 6.26 Å². The summed E-state index contributed by atoms with van der Waals surface area (Å²) in [7, 11) is 0. The Morgan fingerprint density at radius 2 is 1.76 bits per heavy atom. The van der Waals surface area contributed by atoms with Crippen molar-refractivity contribution >= 4 is 0 Å². The molecule has 1 heteroatoms. The van der Waals surface area contributed by atoms with Gasteiger partial charge in [-0.2, -0.15) is 0 Å². The highest BCUT2D eigenvalue weighted by molar-refractivity contribution is 5.59. The molecule has 3 aromatic rings. The Morgan fingerprint density at radius 3 is 2.52 bits per heavy atom. The van der Waals surface area contributed by atoms with Gasteiger partial charge in [0.15, 0.2) is 0 Å². The van der Waals surface area contributed by atoms with Gasteiger partial charge in [0.25, 0.3) is 0 Å². The Kier molecular flexibility index (Phi) is 5.75. The second-order valence-corrected chi connectivity index (χ2v) is 7.11. The highest BCUT2D eigenvalue weighted by Gasteiger charge is 2.25. The molecule has 1 aliphatic rings. The van der Waals surface area contributed by atoms with Crippen molar-refractivity contribution in [3.8, 4) is 11.3 Å². The molecule has 1 heterocycles. The fourth-order valence-corrected chi connectivity index (χ4v) is 3.72. The van der Waals surface area contributed by atoms with E-state index < -0.39 is 0 Å². The number of rotatable bonds is 2. The van der Waals surface area contributed by atoms with E-state index in [-0.39, 0.29) is 0 Å². The highest BCUT2D eigenvalue weighted by Crippen LogP contribution is 2.40. The molecule has 4 rings (SSSR count). The van der Waals surface area contributed by atoms with Crippen molar-refractivity contribution in [2.75, 3.05) is 0 Å². The van der Waals surface area contributed by atoms with E-state index >= 15 is 0 Å². The molecular formula is C24H28O. The maximum atomic E-state index is 5.55. The van der Waals surface area contributed by atoms with E-state index in [4.69, 9.17) is 4.42 Å². The van der Waals surface area contributed by atoms with Crippen LogP contribution < -0.4 is 0 Å². The SMILES string of the molecule is CCC.C[C@@H]1Cc2ccccc2[C@H](c2cccc(-c3ccco3)c2)C1. The summed E-state index contributed by atoms with van der Waals surface area (Å²) in [4.78, 5) is 0. The standard InChI is InChI=1S/C21H20O.C3H8/c1-15-12-16-6-2-3-9-19(16)20(13-15)17-7-4-8-18(14-17)21-10-5-11-22-21;1-3-2/h2-11,14-15,20H,12-13H2,1H3;3H2,1-2H3/t15-,20+;/m1./s1. The Hall–Kier alpha value is -2.28. The molecule has 0 saturated heterocycles. The molecule has 0 saturated carbocycles. The second-order valence-electron chi connectivity index (χ2n) is 7.11. The van der Waals surface area contributed by atoms with E-state index in [9.17, 15) is 0 Å². The normalized spacial score (nSPS) is 18.8. The molecule has 25 heavy (non-hydrogen) atoms. The minimum Gasteiger partial charge on any atom is -0.464 e. The molecule has 2 aromatic carbocycles.